The van der Waals surface area contributed by atoms with Gasteiger partial charge in [0.1, 0.15) is 5.82 Å². The summed E-state index contributed by atoms with van der Waals surface area (Å²) in [7, 11) is 0. The van der Waals surface area contributed by atoms with Crippen LogP contribution in [0.15, 0.2) is 42.5 Å². The number of rotatable bonds is 3. The largest absolute Gasteiger partial charge is 0.379 e. The van der Waals surface area contributed by atoms with Crippen LogP contribution in [0, 0.1) is 17.5 Å². The fourth-order valence-electron chi connectivity index (χ4n) is 1.44. The molecule has 0 aliphatic carbocycles. The van der Waals surface area contributed by atoms with E-state index in [-0.39, 0.29) is 11.5 Å². The molecular weight excluding hydrogens is 227 g/mol. The predicted molar refractivity (Wildman–Crippen MR) is 60.1 cm³/mol. The van der Waals surface area contributed by atoms with E-state index in [1.165, 1.54) is 24.3 Å². The van der Waals surface area contributed by atoms with E-state index in [0.29, 0.717) is 6.54 Å². The van der Waals surface area contributed by atoms with Crippen molar-refractivity contribution in [3.8, 4) is 0 Å². The maximum absolute atomic E-state index is 13.3. The number of anilines is 1. The normalized spacial score (nSPS) is 10.3. The zero-order valence-electron chi connectivity index (χ0n) is 8.88. The summed E-state index contributed by atoms with van der Waals surface area (Å²) in [5.74, 6) is -2.13. The second kappa shape index (κ2) is 4.91. The molecule has 0 aliphatic rings. The van der Waals surface area contributed by atoms with Gasteiger partial charge in [0.05, 0.1) is 5.69 Å². The first-order chi connectivity index (χ1) is 8.16. The van der Waals surface area contributed by atoms with Gasteiger partial charge in [-0.15, -0.1) is 0 Å². The molecule has 4 heteroatoms. The van der Waals surface area contributed by atoms with Crippen molar-refractivity contribution >= 4 is 5.69 Å². The van der Waals surface area contributed by atoms with E-state index in [4.69, 9.17) is 0 Å². The van der Waals surface area contributed by atoms with Crippen molar-refractivity contribution in [3.63, 3.8) is 0 Å². The van der Waals surface area contributed by atoms with Crippen LogP contribution in [0.5, 0.6) is 0 Å². The molecule has 0 radical (unpaired) electrons. The highest BCUT2D eigenvalue weighted by Crippen LogP contribution is 2.17. The fourth-order valence-corrected chi connectivity index (χ4v) is 1.44. The van der Waals surface area contributed by atoms with Gasteiger partial charge >= 0.3 is 0 Å². The third-order valence-electron chi connectivity index (χ3n) is 2.35. The van der Waals surface area contributed by atoms with Gasteiger partial charge in [-0.3, -0.25) is 0 Å². The van der Waals surface area contributed by atoms with Gasteiger partial charge in [0.2, 0.25) is 0 Å². The molecule has 88 valence electrons. The van der Waals surface area contributed by atoms with Crippen LogP contribution >= 0.6 is 0 Å². The summed E-state index contributed by atoms with van der Waals surface area (Å²) in [4.78, 5) is 0. The molecule has 0 amide bonds. The Morgan fingerprint density at radius 1 is 0.882 bits per heavy atom. The van der Waals surface area contributed by atoms with E-state index in [1.807, 2.05) is 0 Å². The van der Waals surface area contributed by atoms with Crippen LogP contribution in [-0.4, -0.2) is 0 Å². The Kier molecular flexibility index (Phi) is 3.32. The van der Waals surface area contributed by atoms with Gasteiger partial charge in [-0.25, -0.2) is 13.2 Å². The molecule has 0 aromatic heterocycles. The molecule has 2 rings (SSSR count). The third kappa shape index (κ3) is 2.78. The second-order valence-electron chi connectivity index (χ2n) is 3.58. The Labute approximate surface area is 96.9 Å². The Hall–Kier alpha value is -1.97. The number of halogens is 3. The fraction of sp³-hybridized carbons (Fsp3) is 0.0769. The molecule has 0 atom stereocenters. The molecule has 2 aromatic carbocycles. The summed E-state index contributed by atoms with van der Waals surface area (Å²) in [5, 5.41) is 2.75. The van der Waals surface area contributed by atoms with Crippen LogP contribution in [0.2, 0.25) is 0 Å². The highest BCUT2D eigenvalue weighted by Gasteiger charge is 2.06. The molecule has 0 fully saturated rings. The molecule has 0 aliphatic heterocycles. The number of hydrogen-bond acceptors (Lipinski definition) is 1. The smallest absolute Gasteiger partial charge is 0.181 e. The number of hydrogen-bond donors (Lipinski definition) is 1. The monoisotopic (exact) mass is 237 g/mol. The summed E-state index contributed by atoms with van der Waals surface area (Å²) in [6, 6.07) is 9.72. The van der Waals surface area contributed by atoms with Gasteiger partial charge < -0.3 is 5.32 Å². The Balaban J connectivity index is 2.07. The average Bonchev–Trinajstić information content (AvgIpc) is 2.33. The molecule has 1 nitrogen and oxygen atoms in total. The molecule has 17 heavy (non-hydrogen) atoms. The average molecular weight is 237 g/mol. The third-order valence-corrected chi connectivity index (χ3v) is 2.35. The highest BCUT2D eigenvalue weighted by molar-refractivity contribution is 5.45. The quantitative estimate of drug-likeness (QED) is 0.857. The molecule has 0 saturated heterocycles. The molecule has 0 spiro atoms. The van der Waals surface area contributed by atoms with Crippen LogP contribution in [0.25, 0.3) is 0 Å². The van der Waals surface area contributed by atoms with E-state index in [0.717, 1.165) is 11.6 Å². The Morgan fingerprint density at radius 2 is 1.59 bits per heavy atom. The molecule has 0 heterocycles. The lowest BCUT2D eigenvalue weighted by Crippen LogP contribution is -2.02. The summed E-state index contributed by atoms with van der Waals surface area (Å²) in [6.07, 6.45) is 0. The van der Waals surface area contributed by atoms with Crippen molar-refractivity contribution in [3.05, 3.63) is 65.5 Å². The summed E-state index contributed by atoms with van der Waals surface area (Å²) in [5.41, 5.74) is 0.879. The first-order valence-corrected chi connectivity index (χ1v) is 5.09. The van der Waals surface area contributed by atoms with Crippen molar-refractivity contribution in [2.75, 3.05) is 5.32 Å². The number of nitrogens with one attached hydrogen (secondary N) is 1. The van der Waals surface area contributed by atoms with E-state index < -0.39 is 11.6 Å². The minimum atomic E-state index is -0.908. The first-order valence-electron chi connectivity index (χ1n) is 5.09. The summed E-state index contributed by atoms with van der Waals surface area (Å²) in [6.45, 7) is 0.306. The highest BCUT2D eigenvalue weighted by atomic mass is 19.2. The Bertz CT molecular complexity index is 509. The van der Waals surface area contributed by atoms with Crippen molar-refractivity contribution in [1.29, 1.82) is 0 Å². The van der Waals surface area contributed by atoms with Gasteiger partial charge in [0.25, 0.3) is 0 Å². The molecule has 0 unspecified atom stereocenters. The lowest BCUT2D eigenvalue weighted by molar-refractivity contribution is 0.511. The SMILES string of the molecule is Fc1ccc(CNc2cccc(F)c2F)cc1. The van der Waals surface area contributed by atoms with E-state index in [9.17, 15) is 13.2 Å². The van der Waals surface area contributed by atoms with Crippen molar-refractivity contribution in [2.45, 2.75) is 6.54 Å². The predicted octanol–water partition coefficient (Wildman–Crippen LogP) is 3.72. The van der Waals surface area contributed by atoms with Crippen LogP contribution in [0.3, 0.4) is 0 Å². The van der Waals surface area contributed by atoms with Gasteiger partial charge in [0, 0.05) is 6.54 Å². The van der Waals surface area contributed by atoms with E-state index >= 15 is 0 Å². The maximum Gasteiger partial charge on any atom is 0.181 e. The van der Waals surface area contributed by atoms with Crippen molar-refractivity contribution in [1.82, 2.24) is 0 Å². The molecule has 1 N–H and O–H groups in total. The van der Waals surface area contributed by atoms with Crippen LogP contribution in [0.4, 0.5) is 18.9 Å². The zero-order valence-corrected chi connectivity index (χ0v) is 8.88. The molecular formula is C13H10F3N. The van der Waals surface area contributed by atoms with Crippen LogP contribution < -0.4 is 5.32 Å². The van der Waals surface area contributed by atoms with Crippen molar-refractivity contribution in [2.24, 2.45) is 0 Å². The topological polar surface area (TPSA) is 12.0 Å². The minimum absolute atomic E-state index is 0.0920. The summed E-state index contributed by atoms with van der Waals surface area (Å²) >= 11 is 0. The zero-order chi connectivity index (χ0) is 12.3. The van der Waals surface area contributed by atoms with E-state index in [1.54, 1.807) is 12.1 Å². The second-order valence-corrected chi connectivity index (χ2v) is 3.58. The molecule has 0 bridgehead atoms. The molecule has 0 saturated carbocycles. The first kappa shape index (κ1) is 11.5. The Morgan fingerprint density at radius 3 is 2.29 bits per heavy atom. The van der Waals surface area contributed by atoms with Gasteiger partial charge in [-0.1, -0.05) is 18.2 Å². The van der Waals surface area contributed by atoms with E-state index in [2.05, 4.69) is 5.32 Å². The summed E-state index contributed by atoms with van der Waals surface area (Å²) < 4.78 is 38.8. The minimum Gasteiger partial charge on any atom is -0.379 e. The van der Waals surface area contributed by atoms with Gasteiger partial charge in [-0.05, 0) is 29.8 Å². The lowest BCUT2D eigenvalue weighted by Gasteiger charge is -2.07. The van der Waals surface area contributed by atoms with Gasteiger partial charge in [0.15, 0.2) is 11.6 Å². The number of benzene rings is 2. The van der Waals surface area contributed by atoms with Gasteiger partial charge in [-0.2, -0.15) is 0 Å². The standard InChI is InChI=1S/C13H10F3N/c14-10-6-4-9(5-7-10)8-17-12-3-1-2-11(15)13(12)16/h1-7,17H,8H2. The van der Waals surface area contributed by atoms with Crippen molar-refractivity contribution < 1.29 is 13.2 Å². The van der Waals surface area contributed by atoms with Crippen LogP contribution in [-0.2, 0) is 6.54 Å². The maximum atomic E-state index is 13.3. The lowest BCUT2D eigenvalue weighted by atomic mass is 10.2. The molecule has 2 aromatic rings. The van der Waals surface area contributed by atoms with Crippen LogP contribution in [0.1, 0.15) is 5.56 Å².